The van der Waals surface area contributed by atoms with Crippen molar-refractivity contribution in [1.29, 1.82) is 0 Å². The van der Waals surface area contributed by atoms with Crippen LogP contribution in [0.1, 0.15) is 32.4 Å². The molecular weight excluding hydrogens is 186 g/mol. The number of hydrogen-bond acceptors (Lipinski definition) is 2. The van der Waals surface area contributed by atoms with Gasteiger partial charge in [-0.05, 0) is 12.5 Å². The van der Waals surface area contributed by atoms with Crippen molar-refractivity contribution in [1.82, 2.24) is 0 Å². The molecule has 0 bridgehead atoms. The minimum absolute atomic E-state index is 0.101. The van der Waals surface area contributed by atoms with Gasteiger partial charge in [-0.1, -0.05) is 44.2 Å². The van der Waals surface area contributed by atoms with Crippen LogP contribution >= 0.6 is 0 Å². The van der Waals surface area contributed by atoms with E-state index in [1.807, 2.05) is 18.2 Å². The van der Waals surface area contributed by atoms with Gasteiger partial charge in [0.15, 0.2) is 5.90 Å². The predicted octanol–water partition coefficient (Wildman–Crippen LogP) is 3.20. The Bertz CT molecular complexity index is 356. The molecule has 1 heterocycles. The van der Waals surface area contributed by atoms with Crippen molar-refractivity contribution in [3.63, 3.8) is 0 Å². The van der Waals surface area contributed by atoms with Crippen LogP contribution in [0.25, 0.3) is 0 Å². The summed E-state index contributed by atoms with van der Waals surface area (Å²) in [5, 5.41) is 0. The summed E-state index contributed by atoms with van der Waals surface area (Å²) in [5.41, 5.74) is 1.21. The van der Waals surface area contributed by atoms with Gasteiger partial charge in [0.25, 0.3) is 0 Å². The van der Waals surface area contributed by atoms with Gasteiger partial charge >= 0.3 is 0 Å². The summed E-state index contributed by atoms with van der Waals surface area (Å²) in [6, 6.07) is 10.5. The molecule has 0 fully saturated rings. The molecule has 2 heteroatoms. The standard InChI is InChI=1S/C13H17NO/c1-9(2)13-14-10(3)12(15-13)11-7-5-4-6-8-11/h4-10,12H,1-3H3/t10-,12+/m1/s1. The Kier molecular flexibility index (Phi) is 2.76. The number of hydrogen-bond donors (Lipinski definition) is 0. The lowest BCUT2D eigenvalue weighted by atomic mass is 10.0. The zero-order valence-corrected chi connectivity index (χ0v) is 9.47. The average Bonchev–Trinajstić information content (AvgIpc) is 2.62. The maximum Gasteiger partial charge on any atom is 0.187 e. The third kappa shape index (κ3) is 2.04. The molecule has 0 radical (unpaired) electrons. The topological polar surface area (TPSA) is 21.6 Å². The van der Waals surface area contributed by atoms with E-state index in [1.54, 1.807) is 0 Å². The normalized spacial score (nSPS) is 25.2. The van der Waals surface area contributed by atoms with Crippen LogP contribution in [0.4, 0.5) is 0 Å². The van der Waals surface area contributed by atoms with Crippen molar-refractivity contribution >= 4 is 5.90 Å². The molecule has 2 nitrogen and oxygen atoms in total. The van der Waals surface area contributed by atoms with Crippen molar-refractivity contribution in [3.05, 3.63) is 35.9 Å². The van der Waals surface area contributed by atoms with E-state index >= 15 is 0 Å². The quantitative estimate of drug-likeness (QED) is 0.723. The first-order valence-corrected chi connectivity index (χ1v) is 5.48. The Labute approximate surface area is 91.0 Å². The van der Waals surface area contributed by atoms with Crippen LogP contribution in [0.5, 0.6) is 0 Å². The second kappa shape index (κ2) is 4.05. The molecule has 2 rings (SSSR count). The van der Waals surface area contributed by atoms with Crippen molar-refractivity contribution < 1.29 is 4.74 Å². The predicted molar refractivity (Wildman–Crippen MR) is 62.0 cm³/mol. The van der Waals surface area contributed by atoms with E-state index in [2.05, 4.69) is 37.9 Å². The molecule has 1 aliphatic rings. The Morgan fingerprint density at radius 1 is 1.20 bits per heavy atom. The third-order valence-corrected chi connectivity index (χ3v) is 2.64. The lowest BCUT2D eigenvalue weighted by molar-refractivity contribution is 0.192. The molecule has 0 aliphatic carbocycles. The highest BCUT2D eigenvalue weighted by Crippen LogP contribution is 2.30. The van der Waals surface area contributed by atoms with Gasteiger partial charge in [-0.25, -0.2) is 4.99 Å². The van der Waals surface area contributed by atoms with E-state index in [1.165, 1.54) is 5.56 Å². The van der Waals surface area contributed by atoms with Crippen LogP contribution in [0.3, 0.4) is 0 Å². The van der Waals surface area contributed by atoms with Gasteiger partial charge in [-0.3, -0.25) is 0 Å². The Morgan fingerprint density at radius 2 is 1.87 bits per heavy atom. The molecule has 0 saturated heterocycles. The molecule has 0 unspecified atom stereocenters. The first-order chi connectivity index (χ1) is 7.18. The summed E-state index contributed by atoms with van der Waals surface area (Å²) in [5.74, 6) is 1.26. The lowest BCUT2D eigenvalue weighted by Gasteiger charge is -2.15. The SMILES string of the molecule is CC(C)C1=N[C@H](C)[C@@H](c2ccccc2)O1. The smallest absolute Gasteiger partial charge is 0.187 e. The molecule has 0 aromatic heterocycles. The van der Waals surface area contributed by atoms with Crippen LogP contribution < -0.4 is 0 Å². The first kappa shape index (κ1) is 10.2. The van der Waals surface area contributed by atoms with Crippen molar-refractivity contribution in [3.8, 4) is 0 Å². The molecular formula is C13H17NO. The van der Waals surface area contributed by atoms with Gasteiger partial charge in [0, 0.05) is 5.92 Å². The Hall–Kier alpha value is -1.31. The zero-order valence-electron chi connectivity index (χ0n) is 9.47. The average molecular weight is 203 g/mol. The van der Waals surface area contributed by atoms with E-state index < -0.39 is 0 Å². The van der Waals surface area contributed by atoms with Gasteiger partial charge in [0.1, 0.15) is 6.10 Å². The summed E-state index contributed by atoms with van der Waals surface area (Å²) < 4.78 is 5.87. The van der Waals surface area contributed by atoms with Gasteiger partial charge in [-0.15, -0.1) is 0 Å². The monoisotopic (exact) mass is 203 g/mol. The number of rotatable bonds is 2. The number of aliphatic imine (C=N–C) groups is 1. The fraction of sp³-hybridized carbons (Fsp3) is 0.462. The summed E-state index contributed by atoms with van der Waals surface area (Å²) >= 11 is 0. The van der Waals surface area contributed by atoms with Gasteiger partial charge in [-0.2, -0.15) is 0 Å². The molecule has 1 aliphatic heterocycles. The molecule has 0 amide bonds. The van der Waals surface area contributed by atoms with Crippen molar-refractivity contribution in [2.24, 2.45) is 10.9 Å². The second-order valence-electron chi connectivity index (χ2n) is 4.31. The highest BCUT2D eigenvalue weighted by Gasteiger charge is 2.29. The third-order valence-electron chi connectivity index (χ3n) is 2.64. The van der Waals surface area contributed by atoms with Crippen LogP contribution in [0.15, 0.2) is 35.3 Å². The minimum atomic E-state index is 0.101. The minimum Gasteiger partial charge on any atom is -0.470 e. The number of benzene rings is 1. The molecule has 0 spiro atoms. The maximum absolute atomic E-state index is 5.87. The lowest BCUT2D eigenvalue weighted by Crippen LogP contribution is -2.12. The van der Waals surface area contributed by atoms with Crippen molar-refractivity contribution in [2.75, 3.05) is 0 Å². The summed E-state index contributed by atoms with van der Waals surface area (Å²) in [6.07, 6.45) is 0.101. The zero-order chi connectivity index (χ0) is 10.8. The number of nitrogens with zero attached hydrogens (tertiary/aromatic N) is 1. The van der Waals surface area contributed by atoms with E-state index in [0.29, 0.717) is 5.92 Å². The first-order valence-electron chi connectivity index (χ1n) is 5.48. The molecule has 0 N–H and O–H groups in total. The fourth-order valence-corrected chi connectivity index (χ4v) is 1.80. The van der Waals surface area contributed by atoms with Crippen molar-refractivity contribution in [2.45, 2.75) is 32.9 Å². The fourth-order valence-electron chi connectivity index (χ4n) is 1.80. The molecule has 80 valence electrons. The Morgan fingerprint density at radius 3 is 2.40 bits per heavy atom. The van der Waals surface area contributed by atoms with Crippen LogP contribution in [0, 0.1) is 5.92 Å². The molecule has 0 saturated carbocycles. The molecule has 1 aromatic carbocycles. The van der Waals surface area contributed by atoms with Crippen LogP contribution in [0.2, 0.25) is 0 Å². The van der Waals surface area contributed by atoms with E-state index in [9.17, 15) is 0 Å². The summed E-state index contributed by atoms with van der Waals surface area (Å²) in [7, 11) is 0. The largest absolute Gasteiger partial charge is 0.470 e. The highest BCUT2D eigenvalue weighted by atomic mass is 16.5. The Balaban J connectivity index is 2.16. The van der Waals surface area contributed by atoms with Gasteiger partial charge in [0.2, 0.25) is 0 Å². The summed E-state index contributed by atoms with van der Waals surface area (Å²) in [6.45, 7) is 6.32. The van der Waals surface area contributed by atoms with E-state index in [4.69, 9.17) is 4.74 Å². The highest BCUT2D eigenvalue weighted by molar-refractivity contribution is 5.80. The maximum atomic E-state index is 5.87. The molecule has 2 atom stereocenters. The van der Waals surface area contributed by atoms with Gasteiger partial charge in [0.05, 0.1) is 6.04 Å². The van der Waals surface area contributed by atoms with Crippen LogP contribution in [-0.2, 0) is 4.74 Å². The molecule has 1 aromatic rings. The molecule has 15 heavy (non-hydrogen) atoms. The second-order valence-corrected chi connectivity index (χ2v) is 4.31. The van der Waals surface area contributed by atoms with Gasteiger partial charge < -0.3 is 4.74 Å². The number of ether oxygens (including phenoxy) is 1. The van der Waals surface area contributed by atoms with E-state index in [0.717, 1.165) is 5.90 Å². The van der Waals surface area contributed by atoms with E-state index in [-0.39, 0.29) is 12.1 Å². The van der Waals surface area contributed by atoms with Crippen LogP contribution in [-0.4, -0.2) is 11.9 Å². The summed E-state index contributed by atoms with van der Waals surface area (Å²) in [4.78, 5) is 4.54.